The van der Waals surface area contributed by atoms with Crippen LogP contribution in [-0.2, 0) is 0 Å². The zero-order chi connectivity index (χ0) is 45.3. The van der Waals surface area contributed by atoms with Crippen LogP contribution in [0.3, 0.4) is 0 Å². The van der Waals surface area contributed by atoms with Gasteiger partial charge in [-0.05, 0) is 77.0 Å². The molecule has 0 atom stereocenters. The van der Waals surface area contributed by atoms with E-state index in [9.17, 15) is 0 Å². The Morgan fingerprint density at radius 2 is 0.109 bits per heavy atom. The number of hydrogen-bond donors (Lipinski definition) is 0. The van der Waals surface area contributed by atoms with Crippen LogP contribution in [0.2, 0.25) is 0 Å². The van der Waals surface area contributed by atoms with E-state index in [0.29, 0.717) is 0 Å². The molecule has 0 nitrogen and oxygen atoms in total. The second kappa shape index (κ2) is 57.6. The summed E-state index contributed by atoms with van der Waals surface area (Å²) in [5, 5.41) is 0. The lowest BCUT2D eigenvalue weighted by Gasteiger charge is -2.05. The highest BCUT2D eigenvalue weighted by molar-refractivity contribution is 4.95. The first-order valence-corrected chi connectivity index (χ1v) is 29.9. The van der Waals surface area contributed by atoms with Crippen molar-refractivity contribution in [3.8, 4) is 0 Å². The van der Waals surface area contributed by atoms with Crippen LogP contribution in [0, 0.1) is 0 Å². The summed E-state index contributed by atoms with van der Waals surface area (Å²) in [4.78, 5) is 0. The van der Waals surface area contributed by atoms with Crippen LogP contribution in [-0.4, -0.2) is 0 Å². The Morgan fingerprint density at radius 1 is 0.0781 bits per heavy atom. The average molecular weight is 886 g/mol. The van der Waals surface area contributed by atoms with Gasteiger partial charge >= 0.3 is 0 Å². The van der Waals surface area contributed by atoms with Crippen LogP contribution < -0.4 is 0 Å². The van der Waals surface area contributed by atoms with Crippen molar-refractivity contribution in [2.45, 2.75) is 334 Å². The molecule has 0 aliphatic heterocycles. The maximum absolute atomic E-state index is 2.18. The summed E-state index contributed by atoms with van der Waals surface area (Å²) in [6.45, 7) is 0. The largest absolute Gasteiger partial charge is 0.0882 e. The molecule has 0 unspecified atom stereocenters. The Kier molecular flexibility index (Phi) is 54.4. The minimum absolute atomic E-state index is 1.32. The van der Waals surface area contributed by atoms with Gasteiger partial charge in [-0.25, -0.2) is 0 Å². The van der Waals surface area contributed by atoms with Gasteiger partial charge in [0.05, 0.1) is 0 Å². The lowest BCUT2D eigenvalue weighted by Crippen LogP contribution is -1.85. The van der Waals surface area contributed by atoms with Gasteiger partial charge in [0.1, 0.15) is 0 Å². The second-order valence-electron chi connectivity index (χ2n) is 20.4. The highest BCUT2D eigenvalue weighted by Gasteiger charge is 1.99. The minimum atomic E-state index is 1.32. The Balaban J connectivity index is 0.000000341. The molecular weight excluding hydrogens is 769 g/mol. The second-order valence-corrected chi connectivity index (χ2v) is 20.4. The van der Waals surface area contributed by atoms with E-state index in [4.69, 9.17) is 0 Å². The Hall–Kier alpha value is -1.56. The summed E-state index contributed by atoms with van der Waals surface area (Å²) < 4.78 is 0. The van der Waals surface area contributed by atoms with Gasteiger partial charge in [-0.2, -0.15) is 0 Å². The fraction of sp³-hybridized carbons (Fsp3) is 0.812. The molecule has 0 heterocycles. The molecule has 0 heteroatoms. The Labute approximate surface area is 405 Å². The predicted octanol–water partition coefficient (Wildman–Crippen LogP) is 23.6. The summed E-state index contributed by atoms with van der Waals surface area (Å²) in [6, 6.07) is 0. The molecule has 0 bridgehead atoms. The van der Waals surface area contributed by atoms with E-state index in [1.165, 1.54) is 334 Å². The molecule has 10 saturated carbocycles. The summed E-state index contributed by atoms with van der Waals surface area (Å²) in [7, 11) is 0. The van der Waals surface area contributed by atoms with Crippen LogP contribution >= 0.6 is 0 Å². The van der Waals surface area contributed by atoms with Gasteiger partial charge in [-0.3, -0.25) is 0 Å². The third-order valence-electron chi connectivity index (χ3n) is 14.0. The summed E-state index contributed by atoms with van der Waals surface area (Å²) in [5.41, 5.74) is 0. The summed E-state index contributed by atoms with van der Waals surface area (Å²) in [5.74, 6) is 0. The smallest absolute Gasteiger partial charge is 0.0316 e. The molecule has 10 fully saturated rings. The van der Waals surface area contributed by atoms with E-state index in [1.54, 1.807) is 0 Å². The van der Waals surface area contributed by atoms with E-state index in [-0.39, 0.29) is 0 Å². The highest BCUT2D eigenvalue weighted by atomic mass is 14.1. The molecule has 16 aliphatic carbocycles. The first kappa shape index (κ1) is 60.5. The van der Waals surface area contributed by atoms with Gasteiger partial charge in [0.25, 0.3) is 0 Å². The molecule has 0 saturated heterocycles. The van der Waals surface area contributed by atoms with Crippen molar-refractivity contribution in [1.82, 2.24) is 0 Å². The molecule has 0 spiro atoms. The third-order valence-corrected chi connectivity index (χ3v) is 14.0. The van der Waals surface area contributed by atoms with E-state index < -0.39 is 0 Å². The van der Waals surface area contributed by atoms with Crippen molar-refractivity contribution in [3.63, 3.8) is 0 Å². The molecule has 64 heavy (non-hydrogen) atoms. The molecular formula is C64H116. The highest BCUT2D eigenvalue weighted by Crippen LogP contribution is 2.19. The Bertz CT molecular complexity index is 661. The zero-order valence-electron chi connectivity index (χ0n) is 43.7. The first-order chi connectivity index (χ1) is 32.0. The van der Waals surface area contributed by atoms with E-state index in [2.05, 4.69) is 72.9 Å². The quantitative estimate of drug-likeness (QED) is 0.213. The molecule has 0 radical (unpaired) electrons. The molecule has 16 aliphatic rings. The third kappa shape index (κ3) is 54.8. The molecule has 0 aromatic carbocycles. The standard InChI is InChI=1S/10C4H8.6C4H6/c16*1-2-4-3-1/h10*1-4H2;6*1-2H,3-4H2. The molecule has 0 N–H and O–H groups in total. The van der Waals surface area contributed by atoms with E-state index in [0.717, 1.165) is 0 Å². The minimum Gasteiger partial charge on any atom is -0.0882 e. The first-order valence-electron chi connectivity index (χ1n) is 29.9. The van der Waals surface area contributed by atoms with Gasteiger partial charge < -0.3 is 0 Å². The number of rotatable bonds is 0. The molecule has 0 aromatic rings. The van der Waals surface area contributed by atoms with Crippen molar-refractivity contribution in [1.29, 1.82) is 0 Å². The number of allylic oxidation sites excluding steroid dienone is 12. The van der Waals surface area contributed by atoms with Crippen molar-refractivity contribution in [3.05, 3.63) is 72.9 Å². The maximum atomic E-state index is 2.18. The average Bonchev–Trinajstić information content (AvgIpc) is 2.70. The predicted molar refractivity (Wildman–Crippen MR) is 295 cm³/mol. The van der Waals surface area contributed by atoms with Crippen molar-refractivity contribution < 1.29 is 0 Å². The van der Waals surface area contributed by atoms with Crippen LogP contribution in [0.15, 0.2) is 72.9 Å². The number of hydrogen-bond acceptors (Lipinski definition) is 0. The Morgan fingerprint density at radius 3 is 0.109 bits per heavy atom. The van der Waals surface area contributed by atoms with Gasteiger partial charge in [0.2, 0.25) is 0 Å². The zero-order valence-corrected chi connectivity index (χ0v) is 43.7. The van der Waals surface area contributed by atoms with Gasteiger partial charge in [-0.1, -0.05) is 330 Å². The van der Waals surface area contributed by atoms with E-state index in [1.807, 2.05) is 0 Å². The normalized spacial score (nSPS) is 22.5. The lowest BCUT2D eigenvalue weighted by molar-refractivity contribution is 0.504. The van der Waals surface area contributed by atoms with Crippen molar-refractivity contribution in [2.75, 3.05) is 0 Å². The lowest BCUT2D eigenvalue weighted by atomic mass is 10.0. The molecule has 0 amide bonds. The van der Waals surface area contributed by atoms with Crippen LogP contribution in [0.5, 0.6) is 0 Å². The summed E-state index contributed by atoms with van der Waals surface area (Å²) in [6.07, 6.45) is 102. The van der Waals surface area contributed by atoms with Crippen molar-refractivity contribution in [2.24, 2.45) is 0 Å². The molecule has 16 rings (SSSR count). The van der Waals surface area contributed by atoms with E-state index >= 15 is 0 Å². The molecule has 0 aromatic heterocycles. The van der Waals surface area contributed by atoms with Gasteiger partial charge in [0.15, 0.2) is 0 Å². The monoisotopic (exact) mass is 885 g/mol. The SMILES string of the molecule is C1=CCC1.C1=CCC1.C1=CCC1.C1=CCC1.C1=CCC1.C1=CCC1.C1CCC1.C1CCC1.C1CCC1.C1CCC1.C1CCC1.C1CCC1.C1CCC1.C1CCC1.C1CCC1.C1CCC1. The van der Waals surface area contributed by atoms with Gasteiger partial charge in [-0.15, -0.1) is 0 Å². The van der Waals surface area contributed by atoms with Gasteiger partial charge in [0, 0.05) is 0 Å². The molecule has 372 valence electrons. The topological polar surface area (TPSA) is 0 Å². The maximum Gasteiger partial charge on any atom is -0.0316 e. The van der Waals surface area contributed by atoms with Crippen LogP contribution in [0.1, 0.15) is 334 Å². The van der Waals surface area contributed by atoms with Crippen LogP contribution in [0.4, 0.5) is 0 Å². The summed E-state index contributed by atoms with van der Waals surface area (Å²) >= 11 is 0. The fourth-order valence-electron chi connectivity index (χ4n) is 3.50. The van der Waals surface area contributed by atoms with Crippen molar-refractivity contribution >= 4 is 0 Å². The van der Waals surface area contributed by atoms with Crippen LogP contribution in [0.25, 0.3) is 0 Å². The fourth-order valence-corrected chi connectivity index (χ4v) is 3.50.